The van der Waals surface area contributed by atoms with Crippen molar-refractivity contribution < 1.29 is 9.90 Å². The van der Waals surface area contributed by atoms with E-state index in [0.717, 1.165) is 24.9 Å². The molecule has 2 rings (SSSR count). The summed E-state index contributed by atoms with van der Waals surface area (Å²) in [6.45, 7) is 0.869. The third-order valence-electron chi connectivity index (χ3n) is 3.27. The van der Waals surface area contributed by atoms with Crippen molar-refractivity contribution in [2.24, 2.45) is 0 Å². The minimum Gasteiger partial charge on any atom is -0.394 e. The Morgan fingerprint density at radius 3 is 2.83 bits per heavy atom. The van der Waals surface area contributed by atoms with E-state index in [1.165, 1.54) is 0 Å². The van der Waals surface area contributed by atoms with Crippen LogP contribution in [0.3, 0.4) is 0 Å². The molecule has 1 aromatic carbocycles. The molecule has 0 saturated carbocycles. The Balaban J connectivity index is 1.87. The summed E-state index contributed by atoms with van der Waals surface area (Å²) in [6, 6.07) is 9.59. The van der Waals surface area contributed by atoms with Gasteiger partial charge in [-0.3, -0.25) is 4.79 Å². The van der Waals surface area contributed by atoms with E-state index >= 15 is 0 Å². The first-order valence-corrected chi connectivity index (χ1v) is 6.48. The fourth-order valence-electron chi connectivity index (χ4n) is 2.27. The number of amides is 1. The van der Waals surface area contributed by atoms with E-state index in [-0.39, 0.29) is 24.6 Å². The van der Waals surface area contributed by atoms with Crippen molar-refractivity contribution in [3.8, 4) is 0 Å². The minimum absolute atomic E-state index is 0.00230. The third-order valence-corrected chi connectivity index (χ3v) is 3.27. The van der Waals surface area contributed by atoms with Crippen molar-refractivity contribution in [2.75, 3.05) is 13.2 Å². The van der Waals surface area contributed by atoms with Crippen LogP contribution >= 0.6 is 0 Å². The van der Waals surface area contributed by atoms with Crippen LogP contribution in [0.4, 0.5) is 0 Å². The Morgan fingerprint density at radius 1 is 1.44 bits per heavy atom. The average molecular weight is 248 g/mol. The molecule has 0 aromatic heterocycles. The van der Waals surface area contributed by atoms with Gasteiger partial charge in [0.25, 0.3) is 0 Å². The number of hydrogen-bond donors (Lipinski definition) is 3. The van der Waals surface area contributed by atoms with Crippen molar-refractivity contribution in [2.45, 2.75) is 31.3 Å². The summed E-state index contributed by atoms with van der Waals surface area (Å²) in [4.78, 5) is 11.9. The molecule has 1 heterocycles. The summed E-state index contributed by atoms with van der Waals surface area (Å²) in [5, 5.41) is 15.4. The van der Waals surface area contributed by atoms with E-state index in [1.807, 2.05) is 30.3 Å². The van der Waals surface area contributed by atoms with E-state index in [4.69, 9.17) is 0 Å². The van der Waals surface area contributed by atoms with Crippen LogP contribution < -0.4 is 10.6 Å². The molecule has 0 spiro atoms. The highest BCUT2D eigenvalue weighted by Gasteiger charge is 2.23. The standard InChI is InChI=1S/C14H20N2O2/c17-10-12(9-11-5-2-1-3-6-11)16-14(18)13-7-4-8-15-13/h1-3,5-6,12-13,15,17H,4,7-10H2,(H,16,18)/t12-,13?/m0/s1. The van der Waals surface area contributed by atoms with Gasteiger partial charge in [-0.25, -0.2) is 0 Å². The number of hydrogen-bond acceptors (Lipinski definition) is 3. The van der Waals surface area contributed by atoms with Crippen molar-refractivity contribution in [1.29, 1.82) is 0 Å². The fraction of sp³-hybridized carbons (Fsp3) is 0.500. The number of rotatable bonds is 5. The molecule has 0 radical (unpaired) electrons. The van der Waals surface area contributed by atoms with E-state index in [2.05, 4.69) is 10.6 Å². The predicted octanol–water partition coefficient (Wildman–Crippen LogP) is 0.458. The molecule has 0 aliphatic carbocycles. The second kappa shape index (κ2) is 6.52. The molecule has 1 unspecified atom stereocenters. The molecule has 1 amide bonds. The van der Waals surface area contributed by atoms with Gasteiger partial charge in [-0.15, -0.1) is 0 Å². The lowest BCUT2D eigenvalue weighted by Gasteiger charge is -2.19. The highest BCUT2D eigenvalue weighted by Crippen LogP contribution is 2.07. The molecular formula is C14H20N2O2. The maximum Gasteiger partial charge on any atom is 0.237 e. The lowest BCUT2D eigenvalue weighted by molar-refractivity contribution is -0.123. The number of aliphatic hydroxyl groups is 1. The Bertz CT molecular complexity index is 375. The van der Waals surface area contributed by atoms with Crippen molar-refractivity contribution >= 4 is 5.91 Å². The summed E-state index contributed by atoms with van der Waals surface area (Å²) in [5.74, 6) is 0.00230. The second-order valence-electron chi connectivity index (χ2n) is 4.73. The first-order chi connectivity index (χ1) is 8.79. The summed E-state index contributed by atoms with van der Waals surface area (Å²) in [5.41, 5.74) is 1.12. The Labute approximate surface area is 107 Å². The molecule has 2 atom stereocenters. The molecule has 4 heteroatoms. The molecule has 1 aliphatic heterocycles. The number of benzene rings is 1. The fourth-order valence-corrected chi connectivity index (χ4v) is 2.27. The molecule has 1 fully saturated rings. The molecule has 1 saturated heterocycles. The molecule has 1 aromatic rings. The molecule has 3 N–H and O–H groups in total. The Hall–Kier alpha value is -1.39. The maximum absolute atomic E-state index is 11.9. The first-order valence-electron chi connectivity index (χ1n) is 6.48. The smallest absolute Gasteiger partial charge is 0.237 e. The van der Waals surface area contributed by atoms with Crippen molar-refractivity contribution in [1.82, 2.24) is 10.6 Å². The van der Waals surface area contributed by atoms with Gasteiger partial charge in [-0.1, -0.05) is 30.3 Å². The predicted molar refractivity (Wildman–Crippen MR) is 70.2 cm³/mol. The normalized spacial score (nSPS) is 20.6. The lowest BCUT2D eigenvalue weighted by atomic mass is 10.1. The average Bonchev–Trinajstić information content (AvgIpc) is 2.93. The van der Waals surface area contributed by atoms with E-state index < -0.39 is 0 Å². The second-order valence-corrected chi connectivity index (χ2v) is 4.73. The van der Waals surface area contributed by atoms with Crippen LogP contribution in [0.15, 0.2) is 30.3 Å². The van der Waals surface area contributed by atoms with Crippen LogP contribution in [0.1, 0.15) is 18.4 Å². The van der Waals surface area contributed by atoms with Gasteiger partial charge in [0.05, 0.1) is 18.7 Å². The molecule has 1 aliphatic rings. The van der Waals surface area contributed by atoms with Gasteiger partial charge in [0.2, 0.25) is 5.91 Å². The van der Waals surface area contributed by atoms with Gasteiger partial charge in [-0.05, 0) is 31.4 Å². The van der Waals surface area contributed by atoms with Gasteiger partial charge in [0.1, 0.15) is 0 Å². The molecule has 0 bridgehead atoms. The lowest BCUT2D eigenvalue weighted by Crippen LogP contribution is -2.47. The van der Waals surface area contributed by atoms with Crippen molar-refractivity contribution in [3.63, 3.8) is 0 Å². The van der Waals surface area contributed by atoms with Crippen LogP contribution in [-0.2, 0) is 11.2 Å². The topological polar surface area (TPSA) is 61.4 Å². The SMILES string of the molecule is O=C(N[C@H](CO)Cc1ccccc1)C1CCCN1. The monoisotopic (exact) mass is 248 g/mol. The molecule has 98 valence electrons. The van der Waals surface area contributed by atoms with E-state index in [9.17, 15) is 9.90 Å². The number of nitrogens with one attached hydrogen (secondary N) is 2. The zero-order chi connectivity index (χ0) is 12.8. The largest absolute Gasteiger partial charge is 0.394 e. The van der Waals surface area contributed by atoms with E-state index in [0.29, 0.717) is 6.42 Å². The highest BCUT2D eigenvalue weighted by molar-refractivity contribution is 5.82. The number of carbonyl (C=O) groups excluding carboxylic acids is 1. The zero-order valence-electron chi connectivity index (χ0n) is 10.4. The van der Waals surface area contributed by atoms with Gasteiger partial charge >= 0.3 is 0 Å². The van der Waals surface area contributed by atoms with Crippen molar-refractivity contribution in [3.05, 3.63) is 35.9 Å². The molecule has 4 nitrogen and oxygen atoms in total. The van der Waals surface area contributed by atoms with Crippen LogP contribution in [-0.4, -0.2) is 36.2 Å². The molecular weight excluding hydrogens is 228 g/mol. The van der Waals surface area contributed by atoms with Gasteiger partial charge in [0, 0.05) is 0 Å². The van der Waals surface area contributed by atoms with Gasteiger partial charge in [0.15, 0.2) is 0 Å². The summed E-state index contributed by atoms with van der Waals surface area (Å²) >= 11 is 0. The number of carbonyl (C=O) groups is 1. The van der Waals surface area contributed by atoms with Gasteiger partial charge in [-0.2, -0.15) is 0 Å². The Morgan fingerprint density at radius 2 is 2.22 bits per heavy atom. The summed E-state index contributed by atoms with van der Waals surface area (Å²) < 4.78 is 0. The van der Waals surface area contributed by atoms with Crippen LogP contribution in [0, 0.1) is 0 Å². The zero-order valence-corrected chi connectivity index (χ0v) is 10.4. The van der Waals surface area contributed by atoms with Crippen LogP contribution in [0.2, 0.25) is 0 Å². The highest BCUT2D eigenvalue weighted by atomic mass is 16.3. The minimum atomic E-state index is -0.206. The van der Waals surface area contributed by atoms with E-state index in [1.54, 1.807) is 0 Å². The van der Waals surface area contributed by atoms with Gasteiger partial charge < -0.3 is 15.7 Å². The maximum atomic E-state index is 11.9. The van der Waals surface area contributed by atoms with Crippen LogP contribution in [0.5, 0.6) is 0 Å². The number of aliphatic hydroxyl groups excluding tert-OH is 1. The Kier molecular flexibility index (Phi) is 4.73. The molecule has 18 heavy (non-hydrogen) atoms. The summed E-state index contributed by atoms with van der Waals surface area (Å²) in [7, 11) is 0. The first kappa shape index (κ1) is 13.1. The summed E-state index contributed by atoms with van der Waals surface area (Å²) in [6.07, 6.45) is 2.59. The third kappa shape index (κ3) is 3.55. The quantitative estimate of drug-likeness (QED) is 0.709. The van der Waals surface area contributed by atoms with Crippen LogP contribution in [0.25, 0.3) is 0 Å².